The van der Waals surface area contributed by atoms with Gasteiger partial charge in [0.1, 0.15) is 0 Å². The highest BCUT2D eigenvalue weighted by Gasteiger charge is 2.16. The normalized spacial score (nSPS) is 10.6. The number of ether oxygens (including phenoxy) is 1. The maximum absolute atomic E-state index is 11.7. The van der Waals surface area contributed by atoms with Crippen LogP contribution in [-0.4, -0.2) is 33.7 Å². The summed E-state index contributed by atoms with van der Waals surface area (Å²) in [6.45, 7) is 1.18. The van der Waals surface area contributed by atoms with Crippen molar-refractivity contribution in [2.24, 2.45) is 5.10 Å². The first-order valence-corrected chi connectivity index (χ1v) is 7.45. The van der Waals surface area contributed by atoms with Gasteiger partial charge in [-0.3, -0.25) is 25.0 Å². The molecule has 2 aromatic carbocycles. The van der Waals surface area contributed by atoms with Gasteiger partial charge in [0.15, 0.2) is 18.1 Å². The third kappa shape index (κ3) is 5.22. The molecule has 0 spiro atoms. The molecule has 2 aromatic rings. The molecule has 0 atom stereocenters. The molecule has 11 nitrogen and oxygen atoms in total. The highest BCUT2D eigenvalue weighted by Crippen LogP contribution is 2.27. The second-order valence-electron chi connectivity index (χ2n) is 5.32. The number of rotatable bonds is 7. The number of nitro groups is 2. The Morgan fingerprint density at radius 3 is 2.52 bits per heavy atom. The maximum atomic E-state index is 11.7. The van der Waals surface area contributed by atoms with Gasteiger partial charge in [0.25, 0.3) is 5.91 Å². The Morgan fingerprint density at radius 1 is 1.19 bits per heavy atom. The average Bonchev–Trinajstić information content (AvgIpc) is 2.60. The molecule has 0 heterocycles. The minimum atomic E-state index is -0.736. The molecule has 0 radical (unpaired) electrons. The molecule has 27 heavy (non-hydrogen) atoms. The van der Waals surface area contributed by atoms with Gasteiger partial charge >= 0.3 is 11.4 Å². The summed E-state index contributed by atoms with van der Waals surface area (Å²) in [5, 5.41) is 34.7. The van der Waals surface area contributed by atoms with Crippen molar-refractivity contribution in [3.8, 4) is 11.5 Å². The lowest BCUT2D eigenvalue weighted by Gasteiger charge is -2.06. The Labute approximate surface area is 152 Å². The molecule has 2 rings (SSSR count). The summed E-state index contributed by atoms with van der Waals surface area (Å²) in [6.07, 6.45) is 1.16. The van der Waals surface area contributed by atoms with Crippen LogP contribution in [0.1, 0.15) is 11.1 Å². The van der Waals surface area contributed by atoms with E-state index in [-0.39, 0.29) is 11.4 Å². The summed E-state index contributed by atoms with van der Waals surface area (Å²) in [6, 6.07) is 7.87. The topological polar surface area (TPSA) is 157 Å². The first-order chi connectivity index (χ1) is 12.8. The van der Waals surface area contributed by atoms with Crippen LogP contribution in [0, 0.1) is 27.2 Å². The van der Waals surface area contributed by atoms with Crippen molar-refractivity contribution in [1.29, 1.82) is 0 Å². The Balaban J connectivity index is 1.93. The number of aryl methyl sites for hydroxylation is 1. The lowest BCUT2D eigenvalue weighted by Crippen LogP contribution is -2.24. The second-order valence-corrected chi connectivity index (χ2v) is 5.32. The summed E-state index contributed by atoms with van der Waals surface area (Å²) < 4.78 is 5.14. The first-order valence-electron chi connectivity index (χ1n) is 7.45. The Hall–Kier alpha value is -4.02. The largest absolute Gasteiger partial charge is 0.502 e. The van der Waals surface area contributed by atoms with E-state index in [9.17, 15) is 30.1 Å². The molecular weight excluding hydrogens is 360 g/mol. The Bertz CT molecular complexity index is 927. The van der Waals surface area contributed by atoms with E-state index in [4.69, 9.17) is 4.74 Å². The molecule has 0 fully saturated rings. The highest BCUT2D eigenvalue weighted by molar-refractivity contribution is 5.84. The van der Waals surface area contributed by atoms with E-state index in [0.29, 0.717) is 11.1 Å². The molecule has 0 aliphatic carbocycles. The monoisotopic (exact) mass is 374 g/mol. The summed E-state index contributed by atoms with van der Waals surface area (Å²) in [5.74, 6) is -1.26. The number of phenols is 1. The van der Waals surface area contributed by atoms with Crippen LogP contribution in [-0.2, 0) is 4.79 Å². The van der Waals surface area contributed by atoms with Gasteiger partial charge in [-0.2, -0.15) is 5.10 Å². The van der Waals surface area contributed by atoms with Crippen LogP contribution in [0.5, 0.6) is 11.5 Å². The van der Waals surface area contributed by atoms with E-state index in [1.54, 1.807) is 13.0 Å². The van der Waals surface area contributed by atoms with E-state index in [1.807, 2.05) is 0 Å². The number of aromatic hydroxyl groups is 1. The maximum Gasteiger partial charge on any atom is 0.311 e. The van der Waals surface area contributed by atoms with Gasteiger partial charge in [-0.05, 0) is 36.2 Å². The zero-order chi connectivity index (χ0) is 20.0. The smallest absolute Gasteiger partial charge is 0.311 e. The zero-order valence-corrected chi connectivity index (χ0v) is 14.0. The molecule has 0 aromatic heterocycles. The van der Waals surface area contributed by atoms with Gasteiger partial charge in [-0.1, -0.05) is 6.07 Å². The van der Waals surface area contributed by atoms with Crippen molar-refractivity contribution >= 4 is 23.5 Å². The van der Waals surface area contributed by atoms with E-state index in [2.05, 4.69) is 10.5 Å². The van der Waals surface area contributed by atoms with Crippen LogP contribution in [0.25, 0.3) is 0 Å². The van der Waals surface area contributed by atoms with Gasteiger partial charge in [-0.25, -0.2) is 5.43 Å². The van der Waals surface area contributed by atoms with Crippen molar-refractivity contribution < 1.29 is 24.5 Å². The molecule has 0 aliphatic rings. The van der Waals surface area contributed by atoms with E-state index in [0.717, 1.165) is 18.3 Å². The summed E-state index contributed by atoms with van der Waals surface area (Å²) in [4.78, 5) is 31.9. The van der Waals surface area contributed by atoms with E-state index in [1.165, 1.54) is 18.2 Å². The average molecular weight is 374 g/mol. The fourth-order valence-corrected chi connectivity index (χ4v) is 2.02. The number of hydrogen-bond acceptors (Lipinski definition) is 8. The molecule has 140 valence electrons. The van der Waals surface area contributed by atoms with Crippen molar-refractivity contribution in [1.82, 2.24) is 5.43 Å². The first kappa shape index (κ1) is 19.3. The van der Waals surface area contributed by atoms with E-state index < -0.39 is 33.8 Å². The van der Waals surface area contributed by atoms with Crippen molar-refractivity contribution in [2.75, 3.05) is 6.61 Å². The Morgan fingerprint density at radius 2 is 1.89 bits per heavy atom. The molecule has 0 bridgehead atoms. The van der Waals surface area contributed by atoms with Crippen molar-refractivity contribution in [3.05, 3.63) is 67.8 Å². The second kappa shape index (κ2) is 8.38. The van der Waals surface area contributed by atoms with Crippen LogP contribution >= 0.6 is 0 Å². The number of hydrazone groups is 1. The summed E-state index contributed by atoms with van der Waals surface area (Å²) in [7, 11) is 0. The number of nitro benzene ring substituents is 2. The number of hydrogen-bond donors (Lipinski definition) is 2. The molecule has 0 saturated heterocycles. The highest BCUT2D eigenvalue weighted by atomic mass is 16.6. The predicted octanol–water partition coefficient (Wildman–Crippen LogP) is 2.05. The number of amides is 1. The predicted molar refractivity (Wildman–Crippen MR) is 93.8 cm³/mol. The summed E-state index contributed by atoms with van der Waals surface area (Å²) in [5.41, 5.74) is 2.42. The standard InChI is InChI=1S/C16H14N4O7/c1-10-2-5-15(13(6-10)20(25)26)27-9-16(22)18-17-8-11-3-4-12(19(23)24)14(21)7-11/h2-8,21H,9H2,1H3,(H,18,22). The van der Waals surface area contributed by atoms with E-state index >= 15 is 0 Å². The van der Waals surface area contributed by atoms with Gasteiger partial charge < -0.3 is 9.84 Å². The molecule has 1 amide bonds. The molecule has 0 saturated carbocycles. The fraction of sp³-hybridized carbons (Fsp3) is 0.125. The van der Waals surface area contributed by atoms with Gasteiger partial charge in [0.05, 0.1) is 16.1 Å². The van der Waals surface area contributed by atoms with Crippen molar-refractivity contribution in [3.63, 3.8) is 0 Å². The van der Waals surface area contributed by atoms with Gasteiger partial charge in [0, 0.05) is 12.1 Å². The number of phenolic OH excluding ortho intramolecular Hbond substituents is 1. The lowest BCUT2D eigenvalue weighted by molar-refractivity contribution is -0.386. The number of carbonyl (C=O) groups is 1. The quantitative estimate of drug-likeness (QED) is 0.426. The zero-order valence-electron chi connectivity index (χ0n) is 14.0. The number of carbonyl (C=O) groups excluding carboxylic acids is 1. The lowest BCUT2D eigenvalue weighted by atomic mass is 10.2. The van der Waals surface area contributed by atoms with Crippen LogP contribution < -0.4 is 10.2 Å². The molecule has 11 heteroatoms. The third-order valence-corrected chi connectivity index (χ3v) is 3.27. The van der Waals surface area contributed by atoms with Gasteiger partial charge in [-0.15, -0.1) is 0 Å². The van der Waals surface area contributed by atoms with Crippen LogP contribution in [0.15, 0.2) is 41.5 Å². The molecule has 0 unspecified atom stereocenters. The Kier molecular flexibility index (Phi) is 5.99. The third-order valence-electron chi connectivity index (χ3n) is 3.27. The number of benzene rings is 2. The van der Waals surface area contributed by atoms with Crippen LogP contribution in [0.4, 0.5) is 11.4 Å². The molecule has 0 aliphatic heterocycles. The van der Waals surface area contributed by atoms with Gasteiger partial charge in [0.2, 0.25) is 0 Å². The summed E-state index contributed by atoms with van der Waals surface area (Å²) >= 11 is 0. The number of nitrogens with zero attached hydrogens (tertiary/aromatic N) is 3. The van der Waals surface area contributed by atoms with Crippen molar-refractivity contribution in [2.45, 2.75) is 6.92 Å². The minimum Gasteiger partial charge on any atom is -0.502 e. The van der Waals surface area contributed by atoms with Crippen LogP contribution in [0.3, 0.4) is 0 Å². The van der Waals surface area contributed by atoms with Crippen LogP contribution in [0.2, 0.25) is 0 Å². The number of nitrogens with one attached hydrogen (secondary N) is 1. The molecule has 2 N–H and O–H groups in total. The fourth-order valence-electron chi connectivity index (χ4n) is 2.02. The molecular formula is C16H14N4O7. The SMILES string of the molecule is Cc1ccc(OCC(=O)NN=Cc2ccc([N+](=O)[O-])c(O)c2)c([N+](=O)[O-])c1. The minimum absolute atomic E-state index is 0.0509.